The molecular weight excluding hydrogens is 240 g/mol. The van der Waals surface area contributed by atoms with Crippen molar-refractivity contribution in [2.24, 2.45) is 0 Å². The highest BCUT2D eigenvalue weighted by Crippen LogP contribution is 2.24. The van der Waals surface area contributed by atoms with E-state index < -0.39 is 0 Å². The lowest BCUT2D eigenvalue weighted by molar-refractivity contribution is 0.0955. The summed E-state index contributed by atoms with van der Waals surface area (Å²) >= 11 is 3.17. The van der Waals surface area contributed by atoms with Gasteiger partial charge >= 0.3 is 0 Å². The Hall–Kier alpha value is -0.680. The molecule has 3 N–H and O–H groups in total. The van der Waals surface area contributed by atoms with Crippen LogP contribution in [0.15, 0.2) is 6.07 Å². The normalized spacial score (nSPS) is 11.5. The van der Waals surface area contributed by atoms with E-state index in [9.17, 15) is 4.79 Å². The molecule has 1 amide bonds. The molecule has 3 nitrogen and oxygen atoms in total. The molecule has 0 aromatic carbocycles. The lowest BCUT2D eigenvalue weighted by Gasteiger charge is -2.21. The van der Waals surface area contributed by atoms with Crippen molar-refractivity contribution in [2.45, 2.75) is 25.5 Å². The highest BCUT2D eigenvalue weighted by molar-refractivity contribution is 7.99. The predicted octanol–water partition coefficient (Wildman–Crippen LogP) is 2.51. The Morgan fingerprint density at radius 1 is 1.62 bits per heavy atom. The second kappa shape index (κ2) is 5.10. The first-order valence-electron chi connectivity index (χ1n) is 5.05. The summed E-state index contributed by atoms with van der Waals surface area (Å²) in [4.78, 5) is 13.5. The highest BCUT2D eigenvalue weighted by Gasteiger charge is 2.18. The van der Waals surface area contributed by atoms with Gasteiger partial charge in [0.1, 0.15) is 0 Å². The molecule has 0 bridgehead atoms. The number of aryl methyl sites for hydroxylation is 1. The van der Waals surface area contributed by atoms with Crippen LogP contribution in [0.1, 0.15) is 28.4 Å². The minimum atomic E-state index is -0.0353. The second-order valence-electron chi connectivity index (χ2n) is 4.27. The van der Waals surface area contributed by atoms with Gasteiger partial charge in [-0.05, 0) is 33.1 Å². The standard InChI is InChI=1S/C11H18N2OS2/c1-7-8(12)5-9(16-7)10(14)13-6-11(2,3)15-4/h5H,6,12H2,1-4H3,(H,13,14). The van der Waals surface area contributed by atoms with Gasteiger partial charge < -0.3 is 11.1 Å². The zero-order valence-corrected chi connectivity index (χ0v) is 11.7. The maximum absolute atomic E-state index is 11.8. The highest BCUT2D eigenvalue weighted by atomic mass is 32.2. The Labute approximate surface area is 105 Å². The molecule has 0 atom stereocenters. The van der Waals surface area contributed by atoms with E-state index in [0.29, 0.717) is 17.1 Å². The zero-order valence-electron chi connectivity index (χ0n) is 10.1. The van der Waals surface area contributed by atoms with Crippen molar-refractivity contribution < 1.29 is 4.79 Å². The van der Waals surface area contributed by atoms with E-state index in [2.05, 4.69) is 19.2 Å². The molecule has 1 aromatic rings. The summed E-state index contributed by atoms with van der Waals surface area (Å²) in [6.45, 7) is 6.78. The first kappa shape index (κ1) is 13.4. The molecule has 5 heteroatoms. The molecule has 0 aliphatic carbocycles. The van der Waals surface area contributed by atoms with Gasteiger partial charge in [0, 0.05) is 21.9 Å². The molecule has 0 spiro atoms. The number of rotatable bonds is 4. The first-order chi connectivity index (χ1) is 7.35. The van der Waals surface area contributed by atoms with Gasteiger partial charge in [-0.25, -0.2) is 0 Å². The lowest BCUT2D eigenvalue weighted by atomic mass is 10.2. The van der Waals surface area contributed by atoms with Crippen molar-refractivity contribution in [3.8, 4) is 0 Å². The van der Waals surface area contributed by atoms with Crippen molar-refractivity contribution in [2.75, 3.05) is 18.5 Å². The summed E-state index contributed by atoms with van der Waals surface area (Å²) in [5.41, 5.74) is 6.41. The molecule has 90 valence electrons. The van der Waals surface area contributed by atoms with Crippen molar-refractivity contribution in [1.82, 2.24) is 5.32 Å². The van der Waals surface area contributed by atoms with Crippen LogP contribution in [-0.2, 0) is 0 Å². The molecule has 0 saturated heterocycles. The number of amides is 1. The molecule has 0 fully saturated rings. The number of hydrogen-bond donors (Lipinski definition) is 2. The number of hydrogen-bond acceptors (Lipinski definition) is 4. The summed E-state index contributed by atoms with van der Waals surface area (Å²) in [6, 6.07) is 1.74. The molecule has 1 aromatic heterocycles. The van der Waals surface area contributed by atoms with Crippen LogP contribution in [0.3, 0.4) is 0 Å². The van der Waals surface area contributed by atoms with Crippen LogP contribution in [0.25, 0.3) is 0 Å². The first-order valence-corrected chi connectivity index (χ1v) is 7.09. The van der Waals surface area contributed by atoms with Gasteiger partial charge in [-0.15, -0.1) is 11.3 Å². The number of nitrogens with two attached hydrogens (primary N) is 1. The number of anilines is 1. The Kier molecular flexibility index (Phi) is 4.27. The van der Waals surface area contributed by atoms with Crippen LogP contribution in [-0.4, -0.2) is 23.5 Å². The largest absolute Gasteiger partial charge is 0.398 e. The molecule has 0 aliphatic rings. The fraction of sp³-hybridized carbons (Fsp3) is 0.545. The summed E-state index contributed by atoms with van der Waals surface area (Å²) in [6.07, 6.45) is 2.04. The van der Waals surface area contributed by atoms with Crippen LogP contribution in [0, 0.1) is 6.92 Å². The third-order valence-corrected chi connectivity index (χ3v) is 4.72. The summed E-state index contributed by atoms with van der Waals surface area (Å²) in [5.74, 6) is -0.0353. The van der Waals surface area contributed by atoms with E-state index in [0.717, 1.165) is 4.88 Å². The monoisotopic (exact) mass is 258 g/mol. The van der Waals surface area contributed by atoms with E-state index >= 15 is 0 Å². The maximum atomic E-state index is 11.8. The third kappa shape index (κ3) is 3.42. The predicted molar refractivity (Wildman–Crippen MR) is 73.4 cm³/mol. The van der Waals surface area contributed by atoms with Crippen LogP contribution >= 0.6 is 23.1 Å². The second-order valence-corrected chi connectivity index (χ2v) is 7.04. The maximum Gasteiger partial charge on any atom is 0.261 e. The minimum Gasteiger partial charge on any atom is -0.398 e. The zero-order chi connectivity index (χ0) is 12.3. The van der Waals surface area contributed by atoms with Crippen molar-refractivity contribution >= 4 is 34.7 Å². The van der Waals surface area contributed by atoms with Gasteiger partial charge in [0.15, 0.2) is 0 Å². The topological polar surface area (TPSA) is 55.1 Å². The fourth-order valence-corrected chi connectivity index (χ4v) is 2.13. The number of carbonyl (C=O) groups excluding carboxylic acids is 1. The van der Waals surface area contributed by atoms with Crippen molar-refractivity contribution in [3.05, 3.63) is 15.8 Å². The van der Waals surface area contributed by atoms with E-state index in [4.69, 9.17) is 5.73 Å². The van der Waals surface area contributed by atoms with E-state index in [1.165, 1.54) is 11.3 Å². The van der Waals surface area contributed by atoms with E-state index in [-0.39, 0.29) is 10.7 Å². The summed E-state index contributed by atoms with van der Waals surface area (Å²) in [5, 5.41) is 2.93. The number of carbonyl (C=O) groups is 1. The van der Waals surface area contributed by atoms with E-state index in [1.54, 1.807) is 17.8 Å². The van der Waals surface area contributed by atoms with Crippen LogP contribution in [0.4, 0.5) is 5.69 Å². The summed E-state index contributed by atoms with van der Waals surface area (Å²) < 4.78 is 0.0630. The molecule has 0 unspecified atom stereocenters. The fourth-order valence-electron chi connectivity index (χ4n) is 1.06. The average Bonchev–Trinajstić information content (AvgIpc) is 2.56. The molecular formula is C11H18N2OS2. The smallest absolute Gasteiger partial charge is 0.261 e. The number of nitrogens with one attached hydrogen (secondary N) is 1. The van der Waals surface area contributed by atoms with Crippen LogP contribution < -0.4 is 11.1 Å². The van der Waals surface area contributed by atoms with Crippen LogP contribution in [0.2, 0.25) is 0 Å². The third-order valence-electron chi connectivity index (χ3n) is 2.41. The number of nitrogen functional groups attached to an aromatic ring is 1. The molecule has 0 saturated carbocycles. The number of thioether (sulfide) groups is 1. The van der Waals surface area contributed by atoms with Gasteiger partial charge in [-0.3, -0.25) is 4.79 Å². The molecule has 1 heterocycles. The van der Waals surface area contributed by atoms with Gasteiger partial charge in [0.2, 0.25) is 0 Å². The Bertz CT molecular complexity index is 366. The molecule has 16 heavy (non-hydrogen) atoms. The molecule has 1 rings (SSSR count). The number of thiophene rings is 1. The van der Waals surface area contributed by atoms with Crippen LogP contribution in [0.5, 0.6) is 0 Å². The van der Waals surface area contributed by atoms with Gasteiger partial charge in [0.05, 0.1) is 4.88 Å². The molecule has 0 aliphatic heterocycles. The van der Waals surface area contributed by atoms with Crippen molar-refractivity contribution in [3.63, 3.8) is 0 Å². The quantitative estimate of drug-likeness (QED) is 0.872. The Balaban J connectivity index is 2.60. The van der Waals surface area contributed by atoms with Gasteiger partial charge in [-0.2, -0.15) is 11.8 Å². The van der Waals surface area contributed by atoms with Gasteiger partial charge in [-0.1, -0.05) is 0 Å². The molecule has 0 radical (unpaired) electrons. The Morgan fingerprint density at radius 3 is 2.69 bits per heavy atom. The lowest BCUT2D eigenvalue weighted by Crippen LogP contribution is -2.35. The minimum absolute atomic E-state index is 0.0353. The van der Waals surface area contributed by atoms with E-state index in [1.807, 2.05) is 13.2 Å². The average molecular weight is 258 g/mol. The Morgan fingerprint density at radius 2 is 2.25 bits per heavy atom. The summed E-state index contributed by atoms with van der Waals surface area (Å²) in [7, 11) is 0. The van der Waals surface area contributed by atoms with Gasteiger partial charge in [0.25, 0.3) is 5.91 Å². The SMILES string of the molecule is CSC(C)(C)CNC(=O)c1cc(N)c(C)s1. The van der Waals surface area contributed by atoms with Crippen molar-refractivity contribution in [1.29, 1.82) is 0 Å².